The zero-order valence-corrected chi connectivity index (χ0v) is 8.64. The molecule has 0 aliphatic carbocycles. The molecule has 0 radical (unpaired) electrons. The van der Waals surface area contributed by atoms with Crippen LogP contribution in [0.5, 0.6) is 0 Å². The molecule has 1 aromatic heterocycles. The van der Waals surface area contributed by atoms with E-state index in [1.54, 1.807) is 0 Å². The number of nitrogens with two attached hydrogens (primary N) is 1. The molecule has 4 nitrogen and oxygen atoms in total. The van der Waals surface area contributed by atoms with Crippen molar-refractivity contribution >= 4 is 0 Å². The van der Waals surface area contributed by atoms with Gasteiger partial charge in [-0.2, -0.15) is 0 Å². The van der Waals surface area contributed by atoms with E-state index < -0.39 is 6.04 Å². The molecule has 0 saturated heterocycles. The minimum Gasteiger partial charge on any atom is -0.394 e. The fourth-order valence-corrected chi connectivity index (χ4v) is 1.24. The van der Waals surface area contributed by atoms with Crippen molar-refractivity contribution in [3.05, 3.63) is 23.8 Å². The van der Waals surface area contributed by atoms with Crippen LogP contribution >= 0.6 is 0 Å². The highest BCUT2D eigenvalue weighted by molar-refractivity contribution is 5.12. The second-order valence-corrected chi connectivity index (χ2v) is 3.82. The standard InChI is InChI=1S/C10H17N3O/c1-7(2)3-8-4-10(9(11)5-14)13-6-12-8/h4,6-7,9,14H,3,5,11H2,1-2H3. The van der Waals surface area contributed by atoms with Crippen LogP contribution in [0.1, 0.15) is 31.3 Å². The monoisotopic (exact) mass is 195 g/mol. The molecule has 3 N–H and O–H groups in total. The van der Waals surface area contributed by atoms with E-state index in [4.69, 9.17) is 10.8 Å². The van der Waals surface area contributed by atoms with Crippen LogP contribution in [0.3, 0.4) is 0 Å². The smallest absolute Gasteiger partial charge is 0.116 e. The maximum Gasteiger partial charge on any atom is 0.116 e. The van der Waals surface area contributed by atoms with Gasteiger partial charge < -0.3 is 10.8 Å². The number of nitrogens with zero attached hydrogens (tertiary/aromatic N) is 2. The first-order valence-corrected chi connectivity index (χ1v) is 4.80. The second-order valence-electron chi connectivity index (χ2n) is 3.82. The molecule has 0 aromatic carbocycles. The molecule has 1 heterocycles. The van der Waals surface area contributed by atoms with E-state index in [-0.39, 0.29) is 6.61 Å². The minimum absolute atomic E-state index is 0.0852. The van der Waals surface area contributed by atoms with Crippen LogP contribution in [0.25, 0.3) is 0 Å². The van der Waals surface area contributed by atoms with E-state index in [0.29, 0.717) is 11.6 Å². The summed E-state index contributed by atoms with van der Waals surface area (Å²) >= 11 is 0. The van der Waals surface area contributed by atoms with Gasteiger partial charge in [0.1, 0.15) is 6.33 Å². The molecule has 0 aliphatic rings. The Bertz CT molecular complexity index is 288. The summed E-state index contributed by atoms with van der Waals surface area (Å²) in [6.07, 6.45) is 2.41. The van der Waals surface area contributed by atoms with Crippen molar-refractivity contribution in [1.29, 1.82) is 0 Å². The first kappa shape index (κ1) is 11.1. The Hall–Kier alpha value is -1.00. The molecule has 0 spiro atoms. The van der Waals surface area contributed by atoms with Gasteiger partial charge in [0, 0.05) is 5.69 Å². The Labute approximate surface area is 84.2 Å². The summed E-state index contributed by atoms with van der Waals surface area (Å²) in [6, 6.07) is 1.46. The van der Waals surface area contributed by atoms with Crippen LogP contribution in [0, 0.1) is 5.92 Å². The van der Waals surface area contributed by atoms with E-state index in [1.165, 1.54) is 6.33 Å². The number of aliphatic hydroxyl groups excluding tert-OH is 1. The van der Waals surface area contributed by atoms with Crippen LogP contribution < -0.4 is 5.73 Å². The third-order valence-corrected chi connectivity index (χ3v) is 1.94. The molecule has 78 valence electrons. The lowest BCUT2D eigenvalue weighted by Crippen LogP contribution is -2.16. The Balaban J connectivity index is 2.78. The predicted octanol–water partition coefficient (Wildman–Crippen LogP) is 0.667. The summed E-state index contributed by atoms with van der Waals surface area (Å²) in [5, 5.41) is 8.88. The first-order valence-electron chi connectivity index (χ1n) is 4.80. The normalized spacial score (nSPS) is 13.2. The molecule has 1 unspecified atom stereocenters. The third kappa shape index (κ3) is 3.05. The lowest BCUT2D eigenvalue weighted by molar-refractivity contribution is 0.265. The number of hydrogen-bond acceptors (Lipinski definition) is 4. The van der Waals surface area contributed by atoms with Crippen molar-refractivity contribution in [2.45, 2.75) is 26.3 Å². The summed E-state index contributed by atoms with van der Waals surface area (Å²) in [4.78, 5) is 8.17. The van der Waals surface area contributed by atoms with Crippen molar-refractivity contribution in [2.24, 2.45) is 11.7 Å². The molecule has 0 amide bonds. The maximum absolute atomic E-state index is 8.88. The molecular formula is C10H17N3O. The van der Waals surface area contributed by atoms with Gasteiger partial charge in [0.25, 0.3) is 0 Å². The van der Waals surface area contributed by atoms with Crippen molar-refractivity contribution in [3.8, 4) is 0 Å². The topological polar surface area (TPSA) is 72.0 Å². The summed E-state index contributed by atoms with van der Waals surface area (Å²) in [6.45, 7) is 4.18. The Kier molecular flexibility index (Phi) is 3.98. The van der Waals surface area contributed by atoms with Gasteiger partial charge in [-0.25, -0.2) is 9.97 Å². The zero-order chi connectivity index (χ0) is 10.6. The SMILES string of the molecule is CC(C)Cc1cc(C(N)CO)ncn1. The Morgan fingerprint density at radius 1 is 1.43 bits per heavy atom. The van der Waals surface area contributed by atoms with E-state index in [0.717, 1.165) is 12.1 Å². The van der Waals surface area contributed by atoms with Crippen molar-refractivity contribution in [1.82, 2.24) is 9.97 Å². The molecule has 0 saturated carbocycles. The number of rotatable bonds is 4. The molecule has 1 rings (SSSR count). The van der Waals surface area contributed by atoms with E-state index in [1.807, 2.05) is 6.07 Å². The highest BCUT2D eigenvalue weighted by Crippen LogP contribution is 2.10. The van der Waals surface area contributed by atoms with E-state index >= 15 is 0 Å². The van der Waals surface area contributed by atoms with E-state index in [9.17, 15) is 0 Å². The van der Waals surface area contributed by atoms with Crippen LogP contribution in [-0.4, -0.2) is 21.7 Å². The van der Waals surface area contributed by atoms with Crippen LogP contribution in [-0.2, 0) is 6.42 Å². The van der Waals surface area contributed by atoms with E-state index in [2.05, 4.69) is 23.8 Å². The van der Waals surface area contributed by atoms with Gasteiger partial charge >= 0.3 is 0 Å². The summed E-state index contributed by atoms with van der Waals surface area (Å²) < 4.78 is 0. The summed E-state index contributed by atoms with van der Waals surface area (Å²) in [5.41, 5.74) is 7.34. The largest absolute Gasteiger partial charge is 0.394 e. The van der Waals surface area contributed by atoms with Crippen molar-refractivity contribution in [3.63, 3.8) is 0 Å². The molecular weight excluding hydrogens is 178 g/mol. The summed E-state index contributed by atoms with van der Waals surface area (Å²) in [5.74, 6) is 0.558. The summed E-state index contributed by atoms with van der Waals surface area (Å²) in [7, 11) is 0. The molecule has 0 aliphatic heterocycles. The van der Waals surface area contributed by atoms with Crippen molar-refractivity contribution in [2.75, 3.05) is 6.61 Å². The van der Waals surface area contributed by atoms with Gasteiger partial charge in [-0.15, -0.1) is 0 Å². The number of aliphatic hydroxyl groups is 1. The first-order chi connectivity index (χ1) is 6.63. The minimum atomic E-state index is -0.399. The molecule has 1 atom stereocenters. The van der Waals surface area contributed by atoms with Gasteiger partial charge in [-0.1, -0.05) is 13.8 Å². The second kappa shape index (κ2) is 5.02. The van der Waals surface area contributed by atoms with Gasteiger partial charge in [0.05, 0.1) is 18.3 Å². The molecule has 14 heavy (non-hydrogen) atoms. The maximum atomic E-state index is 8.88. The van der Waals surface area contributed by atoms with Crippen LogP contribution in [0.4, 0.5) is 0 Å². The van der Waals surface area contributed by atoms with Crippen LogP contribution in [0.2, 0.25) is 0 Å². The predicted molar refractivity (Wildman–Crippen MR) is 54.6 cm³/mol. The molecule has 4 heteroatoms. The lowest BCUT2D eigenvalue weighted by atomic mass is 10.1. The van der Waals surface area contributed by atoms with Gasteiger partial charge in [0.2, 0.25) is 0 Å². The lowest BCUT2D eigenvalue weighted by Gasteiger charge is -2.09. The zero-order valence-electron chi connectivity index (χ0n) is 8.64. The van der Waals surface area contributed by atoms with Crippen molar-refractivity contribution < 1.29 is 5.11 Å². The average Bonchev–Trinajstić information content (AvgIpc) is 2.16. The van der Waals surface area contributed by atoms with Crippen LogP contribution in [0.15, 0.2) is 12.4 Å². The molecule has 0 fully saturated rings. The average molecular weight is 195 g/mol. The molecule has 0 bridgehead atoms. The fourth-order valence-electron chi connectivity index (χ4n) is 1.24. The number of hydrogen-bond donors (Lipinski definition) is 2. The highest BCUT2D eigenvalue weighted by atomic mass is 16.3. The fraction of sp³-hybridized carbons (Fsp3) is 0.600. The number of aromatic nitrogens is 2. The van der Waals surface area contributed by atoms with Gasteiger partial charge in [-0.05, 0) is 18.4 Å². The quantitative estimate of drug-likeness (QED) is 0.740. The molecule has 1 aromatic rings. The highest BCUT2D eigenvalue weighted by Gasteiger charge is 2.07. The Morgan fingerprint density at radius 3 is 2.71 bits per heavy atom. The Morgan fingerprint density at radius 2 is 2.14 bits per heavy atom. The van der Waals surface area contributed by atoms with Gasteiger partial charge in [-0.3, -0.25) is 0 Å². The van der Waals surface area contributed by atoms with Gasteiger partial charge in [0.15, 0.2) is 0 Å². The third-order valence-electron chi connectivity index (χ3n) is 1.94.